The van der Waals surface area contributed by atoms with Gasteiger partial charge < -0.3 is 9.73 Å². The molecule has 0 bridgehead atoms. The van der Waals surface area contributed by atoms with Gasteiger partial charge in [0.05, 0.1) is 6.54 Å². The summed E-state index contributed by atoms with van der Waals surface area (Å²) in [5.41, 5.74) is 7.77. The highest BCUT2D eigenvalue weighted by atomic mass is 19.1. The molecule has 7 heteroatoms. The number of amides is 1. The number of halogens is 1. The highest BCUT2D eigenvalue weighted by Crippen LogP contribution is 2.42. The molecule has 0 radical (unpaired) electrons. The number of rotatable bonds is 8. The summed E-state index contributed by atoms with van der Waals surface area (Å²) in [6.07, 6.45) is 10.4. The van der Waals surface area contributed by atoms with E-state index in [1.807, 2.05) is 36.5 Å². The molecule has 1 atom stereocenters. The largest absolute Gasteiger partial charge is 0.432 e. The number of carbonyl (C=O) groups is 1. The molecule has 2 aliphatic rings. The van der Waals surface area contributed by atoms with Crippen LogP contribution in [-0.2, 0) is 19.4 Å². The lowest BCUT2D eigenvalue weighted by atomic mass is 9.92. The van der Waals surface area contributed by atoms with Crippen molar-refractivity contribution in [2.75, 3.05) is 6.54 Å². The standard InChI is InChI=1S/C31H31FN4O2/c1-19-13-22(7-8-28(19)32)27(21-5-6-21)17-35-30(37)24-15-20(18-36-11-12-38-31(36)33)14-23(16-24)25-9-10-34-29-4-2-3-26(25)29/h7-16,21,27,33H,2-6,17-18H2,1H3,(H,35,37)/t27-/m0/s1. The van der Waals surface area contributed by atoms with Gasteiger partial charge in [-0.1, -0.05) is 12.1 Å². The first kappa shape index (κ1) is 24.3. The summed E-state index contributed by atoms with van der Waals surface area (Å²) in [4.78, 5) is 18.1. The fraction of sp³-hybridized carbons (Fsp3) is 0.323. The lowest BCUT2D eigenvalue weighted by molar-refractivity contribution is 0.0950. The van der Waals surface area contributed by atoms with Crippen LogP contribution in [0.25, 0.3) is 11.1 Å². The second kappa shape index (κ2) is 10.0. The van der Waals surface area contributed by atoms with Crippen LogP contribution in [0.15, 0.2) is 65.5 Å². The predicted molar refractivity (Wildman–Crippen MR) is 142 cm³/mol. The summed E-state index contributed by atoms with van der Waals surface area (Å²) in [5.74, 6) is 0.336. The third kappa shape index (κ3) is 4.93. The number of fused-ring (bicyclic) bond motifs is 1. The first-order chi connectivity index (χ1) is 18.5. The van der Waals surface area contributed by atoms with Gasteiger partial charge in [-0.3, -0.25) is 19.8 Å². The molecule has 2 heterocycles. The van der Waals surface area contributed by atoms with Gasteiger partial charge in [0.2, 0.25) is 0 Å². The molecule has 6 rings (SSSR count). The molecule has 0 unspecified atom stereocenters. The fourth-order valence-electron chi connectivity index (χ4n) is 5.69. The summed E-state index contributed by atoms with van der Waals surface area (Å²) in [7, 11) is 0. The maximum atomic E-state index is 13.9. The van der Waals surface area contributed by atoms with Crippen molar-refractivity contribution >= 4 is 5.91 Å². The highest BCUT2D eigenvalue weighted by molar-refractivity contribution is 5.96. The maximum Gasteiger partial charge on any atom is 0.293 e. The van der Waals surface area contributed by atoms with Crippen LogP contribution >= 0.6 is 0 Å². The zero-order valence-corrected chi connectivity index (χ0v) is 21.5. The Balaban J connectivity index is 1.31. The molecule has 194 valence electrons. The third-order valence-corrected chi connectivity index (χ3v) is 7.87. The number of oxazole rings is 1. The SMILES string of the molecule is Cc1cc([C@@H](CNC(=O)c2cc(Cn3ccoc3=N)cc(-c3ccnc4c3CCC4)c2)C2CC2)ccc1F. The number of nitrogens with zero attached hydrogens (tertiary/aromatic N) is 2. The second-order valence-electron chi connectivity index (χ2n) is 10.6. The van der Waals surface area contributed by atoms with Crippen molar-refractivity contribution in [3.05, 3.63) is 106 Å². The summed E-state index contributed by atoms with van der Waals surface area (Å²) < 4.78 is 20.7. The van der Waals surface area contributed by atoms with E-state index in [2.05, 4.69) is 16.4 Å². The molecule has 0 aliphatic heterocycles. The van der Waals surface area contributed by atoms with Crippen LogP contribution in [0.5, 0.6) is 0 Å². The lowest BCUT2D eigenvalue weighted by Crippen LogP contribution is -2.29. The van der Waals surface area contributed by atoms with Gasteiger partial charge in [-0.05, 0) is 109 Å². The Kier molecular flexibility index (Phi) is 6.44. The van der Waals surface area contributed by atoms with Gasteiger partial charge in [0.1, 0.15) is 12.1 Å². The van der Waals surface area contributed by atoms with Crippen LogP contribution in [0.1, 0.15) is 63.5 Å². The molecule has 1 amide bonds. The van der Waals surface area contributed by atoms with E-state index in [1.165, 1.54) is 17.9 Å². The van der Waals surface area contributed by atoms with E-state index in [1.54, 1.807) is 17.7 Å². The number of pyridine rings is 1. The molecular formula is C31H31FN4O2. The Morgan fingerprint density at radius 2 is 2.08 bits per heavy atom. The number of hydrogen-bond donors (Lipinski definition) is 2. The van der Waals surface area contributed by atoms with Gasteiger partial charge in [0, 0.05) is 36.1 Å². The number of aromatic nitrogens is 2. The molecule has 2 aliphatic carbocycles. The number of carbonyl (C=O) groups excluding carboxylic acids is 1. The number of hydrogen-bond acceptors (Lipinski definition) is 4. The summed E-state index contributed by atoms with van der Waals surface area (Å²) in [6, 6.07) is 13.3. The molecule has 2 N–H and O–H groups in total. The van der Waals surface area contributed by atoms with Crippen molar-refractivity contribution in [1.82, 2.24) is 14.9 Å². The Hall–Kier alpha value is -4.00. The quantitative estimate of drug-likeness (QED) is 0.327. The first-order valence-corrected chi connectivity index (χ1v) is 13.3. The molecule has 0 spiro atoms. The van der Waals surface area contributed by atoms with E-state index in [4.69, 9.17) is 9.83 Å². The van der Waals surface area contributed by atoms with Gasteiger partial charge in [-0.15, -0.1) is 0 Å². The van der Waals surface area contributed by atoms with E-state index in [0.29, 0.717) is 30.1 Å². The Bertz CT molecular complexity index is 1570. The predicted octanol–water partition coefficient (Wildman–Crippen LogP) is 5.53. The Morgan fingerprint density at radius 3 is 2.84 bits per heavy atom. The molecular weight excluding hydrogens is 479 g/mol. The Labute approximate surface area is 221 Å². The molecule has 1 fully saturated rings. The average molecular weight is 511 g/mol. The van der Waals surface area contributed by atoms with Gasteiger partial charge in [0.15, 0.2) is 0 Å². The van der Waals surface area contributed by atoms with E-state index in [9.17, 15) is 9.18 Å². The monoisotopic (exact) mass is 510 g/mol. The van der Waals surface area contributed by atoms with Crippen LogP contribution in [0, 0.1) is 24.1 Å². The first-order valence-electron chi connectivity index (χ1n) is 13.3. The maximum absolute atomic E-state index is 13.9. The normalized spacial score (nSPS) is 15.3. The molecule has 6 nitrogen and oxygen atoms in total. The van der Waals surface area contributed by atoms with Crippen LogP contribution in [0.3, 0.4) is 0 Å². The summed E-state index contributed by atoms with van der Waals surface area (Å²) in [5, 5.41) is 11.2. The van der Waals surface area contributed by atoms with Crippen molar-refractivity contribution in [1.29, 1.82) is 5.41 Å². The summed E-state index contributed by atoms with van der Waals surface area (Å²) >= 11 is 0. The molecule has 2 aromatic carbocycles. The Morgan fingerprint density at radius 1 is 1.21 bits per heavy atom. The van der Waals surface area contributed by atoms with Crippen molar-refractivity contribution in [2.45, 2.75) is 51.5 Å². The topological polar surface area (TPSA) is 83.9 Å². The van der Waals surface area contributed by atoms with Crippen LogP contribution < -0.4 is 11.0 Å². The average Bonchev–Trinajstić information content (AvgIpc) is 3.49. The molecule has 38 heavy (non-hydrogen) atoms. The number of benzene rings is 2. The van der Waals surface area contributed by atoms with Gasteiger partial charge in [0.25, 0.3) is 11.6 Å². The van der Waals surface area contributed by atoms with Crippen molar-refractivity contribution in [2.24, 2.45) is 5.92 Å². The fourth-order valence-corrected chi connectivity index (χ4v) is 5.69. The van der Waals surface area contributed by atoms with Crippen molar-refractivity contribution in [3.63, 3.8) is 0 Å². The molecule has 0 saturated heterocycles. The summed E-state index contributed by atoms with van der Waals surface area (Å²) in [6.45, 7) is 2.72. The van der Waals surface area contributed by atoms with E-state index in [0.717, 1.165) is 60.1 Å². The highest BCUT2D eigenvalue weighted by Gasteiger charge is 2.33. The number of aryl methyl sites for hydroxylation is 2. The second-order valence-corrected chi connectivity index (χ2v) is 10.6. The number of nitrogens with one attached hydrogen (secondary N) is 2. The van der Waals surface area contributed by atoms with Gasteiger partial charge in [-0.25, -0.2) is 4.39 Å². The van der Waals surface area contributed by atoms with Crippen LogP contribution in [0.4, 0.5) is 4.39 Å². The van der Waals surface area contributed by atoms with E-state index >= 15 is 0 Å². The minimum Gasteiger partial charge on any atom is -0.432 e. The van der Waals surface area contributed by atoms with Gasteiger partial charge >= 0.3 is 0 Å². The van der Waals surface area contributed by atoms with Crippen molar-refractivity contribution < 1.29 is 13.6 Å². The minimum absolute atomic E-state index is 0.0630. The van der Waals surface area contributed by atoms with E-state index < -0.39 is 0 Å². The third-order valence-electron chi connectivity index (χ3n) is 7.87. The molecule has 1 saturated carbocycles. The van der Waals surface area contributed by atoms with E-state index in [-0.39, 0.29) is 23.3 Å². The zero-order chi connectivity index (χ0) is 26.2. The van der Waals surface area contributed by atoms with Crippen LogP contribution in [0.2, 0.25) is 0 Å². The zero-order valence-electron chi connectivity index (χ0n) is 21.5. The van der Waals surface area contributed by atoms with Crippen molar-refractivity contribution in [3.8, 4) is 11.1 Å². The minimum atomic E-state index is -0.203. The lowest BCUT2D eigenvalue weighted by Gasteiger charge is -2.19. The van der Waals surface area contributed by atoms with Crippen LogP contribution in [-0.4, -0.2) is 22.0 Å². The van der Waals surface area contributed by atoms with Gasteiger partial charge in [-0.2, -0.15) is 0 Å². The molecule has 2 aromatic heterocycles. The smallest absolute Gasteiger partial charge is 0.293 e. The molecule has 4 aromatic rings.